The van der Waals surface area contributed by atoms with E-state index in [0.717, 1.165) is 110 Å². The number of fused-ring (bicyclic) bond motifs is 5. The van der Waals surface area contributed by atoms with Gasteiger partial charge in [-0.3, -0.25) is 0 Å². The minimum Gasteiger partial charge on any atom is -0.455 e. The summed E-state index contributed by atoms with van der Waals surface area (Å²) in [6.07, 6.45) is 0. The Labute approximate surface area is 388 Å². The van der Waals surface area contributed by atoms with Crippen molar-refractivity contribution in [1.29, 1.82) is 0 Å². The first kappa shape index (κ1) is 40.1. The van der Waals surface area contributed by atoms with Gasteiger partial charge in [-0.1, -0.05) is 224 Å². The quantitative estimate of drug-likeness (QED) is 0.136. The SMILES string of the molecule is O=P(c1ccccc1)(c1ccccc1)c1ccc(-c2cccc3oc4c5ccccc5c(-c5cccc(-c6ccc(-c7cc(-c8ccccc8)nc(-c8ccccc8)n7)cc6)c5)cc4c23)cc1. The Bertz CT molecular complexity index is 3700. The number of nitrogens with zero attached hydrogens (tertiary/aromatic N) is 2. The molecule has 5 heteroatoms. The van der Waals surface area contributed by atoms with Crippen LogP contribution in [0.25, 0.3) is 100.0 Å². The predicted octanol–water partition coefficient (Wildman–Crippen LogP) is 15.2. The van der Waals surface area contributed by atoms with E-state index < -0.39 is 7.14 Å². The van der Waals surface area contributed by atoms with Gasteiger partial charge in [0.1, 0.15) is 11.2 Å². The van der Waals surface area contributed by atoms with Crippen molar-refractivity contribution in [2.24, 2.45) is 0 Å². The number of benzene rings is 10. The van der Waals surface area contributed by atoms with Crippen molar-refractivity contribution in [3.63, 3.8) is 0 Å². The maximum atomic E-state index is 15.2. The number of furan rings is 1. The highest BCUT2D eigenvalue weighted by Crippen LogP contribution is 2.45. The van der Waals surface area contributed by atoms with E-state index in [1.54, 1.807) is 0 Å². The molecule has 12 aromatic rings. The molecular weight excluding hydrogens is 836 g/mol. The van der Waals surface area contributed by atoms with E-state index >= 15 is 4.57 Å². The van der Waals surface area contributed by atoms with Crippen LogP contribution in [-0.4, -0.2) is 9.97 Å². The van der Waals surface area contributed by atoms with Gasteiger partial charge < -0.3 is 8.98 Å². The van der Waals surface area contributed by atoms with Gasteiger partial charge in [-0.05, 0) is 63.0 Å². The van der Waals surface area contributed by atoms with Crippen molar-refractivity contribution in [3.05, 3.63) is 249 Å². The number of rotatable bonds is 9. The molecule has 0 aliphatic carbocycles. The van der Waals surface area contributed by atoms with Gasteiger partial charge in [-0.15, -0.1) is 0 Å². The Balaban J connectivity index is 0.930. The molecule has 2 heterocycles. The molecule has 0 saturated carbocycles. The lowest BCUT2D eigenvalue weighted by atomic mass is 9.92. The summed E-state index contributed by atoms with van der Waals surface area (Å²) in [6.45, 7) is 0. The van der Waals surface area contributed by atoms with Crippen LogP contribution in [0.2, 0.25) is 0 Å². The first-order valence-electron chi connectivity index (χ1n) is 22.5. The van der Waals surface area contributed by atoms with E-state index in [1.807, 2.05) is 109 Å². The molecule has 0 fully saturated rings. The summed E-state index contributed by atoms with van der Waals surface area (Å²) < 4.78 is 22.0. The number of hydrogen-bond donors (Lipinski definition) is 0. The highest BCUT2D eigenvalue weighted by Gasteiger charge is 2.29. The van der Waals surface area contributed by atoms with E-state index in [0.29, 0.717) is 5.82 Å². The third-order valence-electron chi connectivity index (χ3n) is 12.8. The molecule has 316 valence electrons. The molecule has 0 amide bonds. The predicted molar refractivity (Wildman–Crippen MR) is 279 cm³/mol. The summed E-state index contributed by atoms with van der Waals surface area (Å²) in [5, 5.41) is 6.70. The van der Waals surface area contributed by atoms with E-state index in [4.69, 9.17) is 14.4 Å². The standard InChI is InChI=1S/C62H41N2O2P/c65-67(49-23-9-3-10-24-49,50-25-11-4-12-26-50)51-37-35-43(36-38-51)52-29-16-30-59-60(52)56-40-55(53-27-13-14-28-54(53)61(56)66-59)48-22-15-21-47(39-48)42-31-33-45(34-32-42)58-41-57(44-17-5-1-6-18-44)63-62(64-58)46-19-7-2-8-20-46/h1-41H. The second-order valence-electron chi connectivity index (χ2n) is 16.8. The zero-order valence-corrected chi connectivity index (χ0v) is 37.2. The summed E-state index contributed by atoms with van der Waals surface area (Å²) in [5.74, 6) is 0.697. The van der Waals surface area contributed by atoms with Crippen LogP contribution in [0.4, 0.5) is 0 Å². The molecule has 0 N–H and O–H groups in total. The van der Waals surface area contributed by atoms with Crippen LogP contribution in [0.5, 0.6) is 0 Å². The fourth-order valence-electron chi connectivity index (χ4n) is 9.47. The zero-order valence-electron chi connectivity index (χ0n) is 36.3. The van der Waals surface area contributed by atoms with Gasteiger partial charge in [0.2, 0.25) is 0 Å². The average Bonchev–Trinajstić information content (AvgIpc) is 3.81. The van der Waals surface area contributed by atoms with E-state index in [1.165, 1.54) is 0 Å². The maximum absolute atomic E-state index is 15.2. The third kappa shape index (κ3) is 7.25. The average molecular weight is 877 g/mol. The Hall–Kier alpha value is -8.43. The Morgan fingerprint density at radius 1 is 0.328 bits per heavy atom. The molecule has 0 bridgehead atoms. The van der Waals surface area contributed by atoms with E-state index in [9.17, 15) is 0 Å². The van der Waals surface area contributed by atoms with Gasteiger partial charge in [0.05, 0.1) is 11.4 Å². The van der Waals surface area contributed by atoms with Crippen LogP contribution < -0.4 is 15.9 Å². The van der Waals surface area contributed by atoms with Gasteiger partial charge >= 0.3 is 0 Å². The first-order chi connectivity index (χ1) is 33.1. The smallest absolute Gasteiger partial charge is 0.171 e. The fraction of sp³-hybridized carbons (Fsp3) is 0. The van der Waals surface area contributed by atoms with Crippen molar-refractivity contribution in [2.45, 2.75) is 0 Å². The summed E-state index contributed by atoms with van der Waals surface area (Å²) in [7, 11) is -3.12. The van der Waals surface area contributed by atoms with Gasteiger partial charge in [0, 0.05) is 48.8 Å². The maximum Gasteiger partial charge on any atom is 0.171 e. The molecule has 67 heavy (non-hydrogen) atoms. The van der Waals surface area contributed by atoms with Crippen LogP contribution >= 0.6 is 7.14 Å². The van der Waals surface area contributed by atoms with E-state index in [-0.39, 0.29) is 0 Å². The third-order valence-corrected chi connectivity index (χ3v) is 15.9. The van der Waals surface area contributed by atoms with Gasteiger partial charge in [0.25, 0.3) is 0 Å². The lowest BCUT2D eigenvalue weighted by molar-refractivity contribution is 0.592. The lowest BCUT2D eigenvalue weighted by Crippen LogP contribution is -2.24. The Morgan fingerprint density at radius 2 is 0.821 bits per heavy atom. The highest BCUT2D eigenvalue weighted by atomic mass is 31.2. The molecule has 0 aliphatic heterocycles. The van der Waals surface area contributed by atoms with Gasteiger partial charge in [-0.25, -0.2) is 9.97 Å². The molecule has 4 nitrogen and oxygen atoms in total. The molecule has 0 aliphatic rings. The van der Waals surface area contributed by atoms with Crippen LogP contribution in [0.15, 0.2) is 253 Å². The summed E-state index contributed by atoms with van der Waals surface area (Å²) in [4.78, 5) is 10.0. The molecule has 0 unspecified atom stereocenters. The summed E-state index contributed by atoms with van der Waals surface area (Å²) in [5.41, 5.74) is 13.0. The molecule has 0 radical (unpaired) electrons. The largest absolute Gasteiger partial charge is 0.455 e. The Kier molecular flexibility index (Phi) is 10.1. The van der Waals surface area contributed by atoms with Crippen LogP contribution in [-0.2, 0) is 4.57 Å². The first-order valence-corrected chi connectivity index (χ1v) is 24.2. The second-order valence-corrected chi connectivity index (χ2v) is 19.6. The molecule has 2 aromatic heterocycles. The van der Waals surface area contributed by atoms with Crippen molar-refractivity contribution in [2.75, 3.05) is 0 Å². The van der Waals surface area contributed by atoms with Gasteiger partial charge in [-0.2, -0.15) is 0 Å². The minimum atomic E-state index is -3.12. The van der Waals surface area contributed by atoms with Crippen molar-refractivity contribution < 1.29 is 8.98 Å². The lowest BCUT2D eigenvalue weighted by Gasteiger charge is -2.20. The van der Waals surface area contributed by atoms with E-state index in [2.05, 4.69) is 140 Å². The second kappa shape index (κ2) is 16.8. The number of aromatic nitrogens is 2. The molecule has 0 spiro atoms. The minimum absolute atomic E-state index is 0.697. The normalized spacial score (nSPS) is 11.6. The molecule has 10 aromatic carbocycles. The van der Waals surface area contributed by atoms with Crippen molar-refractivity contribution in [1.82, 2.24) is 9.97 Å². The zero-order chi connectivity index (χ0) is 44.7. The van der Waals surface area contributed by atoms with Crippen molar-refractivity contribution >= 4 is 55.8 Å². The monoisotopic (exact) mass is 876 g/mol. The Morgan fingerprint density at radius 3 is 1.48 bits per heavy atom. The molecule has 0 atom stereocenters. The van der Waals surface area contributed by atoms with Crippen molar-refractivity contribution in [3.8, 4) is 67.3 Å². The van der Waals surface area contributed by atoms with Crippen LogP contribution in [0, 0.1) is 0 Å². The molecule has 12 rings (SSSR count). The van der Waals surface area contributed by atoms with Crippen LogP contribution in [0.1, 0.15) is 0 Å². The van der Waals surface area contributed by atoms with Crippen LogP contribution in [0.3, 0.4) is 0 Å². The fourth-order valence-corrected chi connectivity index (χ4v) is 12.1. The summed E-state index contributed by atoms with van der Waals surface area (Å²) >= 11 is 0. The topological polar surface area (TPSA) is 56.0 Å². The highest BCUT2D eigenvalue weighted by molar-refractivity contribution is 7.85. The molecule has 0 saturated heterocycles. The van der Waals surface area contributed by atoms with Gasteiger partial charge in [0.15, 0.2) is 13.0 Å². The molecular formula is C62H41N2O2P. The number of hydrogen-bond acceptors (Lipinski definition) is 4. The summed E-state index contributed by atoms with van der Waals surface area (Å²) in [6, 6.07) is 85.0.